The lowest BCUT2D eigenvalue weighted by Crippen LogP contribution is -2.46. The maximum Gasteiger partial charge on any atom is 0.349 e. The molecule has 1 aliphatic heterocycles. The predicted molar refractivity (Wildman–Crippen MR) is 74.2 cm³/mol. The van der Waals surface area contributed by atoms with Crippen LogP contribution in [0.5, 0.6) is 0 Å². The van der Waals surface area contributed by atoms with E-state index in [1.165, 1.54) is 4.40 Å². The van der Waals surface area contributed by atoms with E-state index in [4.69, 9.17) is 4.74 Å². The van der Waals surface area contributed by atoms with Crippen molar-refractivity contribution in [2.24, 2.45) is 0 Å². The number of hydrogen-bond donors (Lipinski definition) is 2. The summed E-state index contributed by atoms with van der Waals surface area (Å²) < 4.78 is 7.15. The monoisotopic (exact) mass is 278 g/mol. The van der Waals surface area contributed by atoms with E-state index in [2.05, 4.69) is 25.4 Å². The van der Waals surface area contributed by atoms with E-state index in [0.29, 0.717) is 18.1 Å². The van der Waals surface area contributed by atoms with Gasteiger partial charge in [0.25, 0.3) is 0 Å². The third kappa shape index (κ3) is 2.27. The second-order valence-electron chi connectivity index (χ2n) is 4.88. The first-order valence-electron chi connectivity index (χ1n) is 6.65. The maximum atomic E-state index is 11.6. The van der Waals surface area contributed by atoms with Crippen LogP contribution in [0.1, 0.15) is 5.82 Å². The number of hydrogen-bond acceptors (Lipinski definition) is 6. The summed E-state index contributed by atoms with van der Waals surface area (Å²) in [5, 5.41) is 9.56. The molecular weight excluding hydrogens is 260 g/mol. The van der Waals surface area contributed by atoms with Crippen molar-refractivity contribution >= 4 is 11.5 Å². The number of aryl methyl sites for hydroxylation is 1. The fraction of sp³-hybridized carbons (Fsp3) is 0.583. The number of nitrogens with one attached hydrogen (secondary N) is 2. The minimum atomic E-state index is -0.258. The molecule has 0 amide bonds. The van der Waals surface area contributed by atoms with Gasteiger partial charge in [-0.05, 0) is 14.0 Å². The molecule has 3 heterocycles. The van der Waals surface area contributed by atoms with Gasteiger partial charge in [-0.2, -0.15) is 5.10 Å². The third-order valence-corrected chi connectivity index (χ3v) is 3.45. The van der Waals surface area contributed by atoms with Gasteiger partial charge in [0.15, 0.2) is 5.65 Å². The number of aromatic nitrogens is 4. The zero-order valence-corrected chi connectivity index (χ0v) is 11.6. The lowest BCUT2D eigenvalue weighted by Gasteiger charge is -2.33. The van der Waals surface area contributed by atoms with Crippen molar-refractivity contribution in [1.82, 2.24) is 24.9 Å². The van der Waals surface area contributed by atoms with Crippen LogP contribution >= 0.6 is 0 Å². The van der Waals surface area contributed by atoms with Crippen LogP contribution in [-0.2, 0) is 4.74 Å². The number of fused-ring (bicyclic) bond motifs is 1. The minimum absolute atomic E-state index is 0.147. The number of rotatable bonds is 3. The van der Waals surface area contributed by atoms with Crippen LogP contribution in [0.25, 0.3) is 5.65 Å². The van der Waals surface area contributed by atoms with Crippen LogP contribution in [0.2, 0.25) is 0 Å². The van der Waals surface area contributed by atoms with Gasteiger partial charge in [-0.3, -0.25) is 0 Å². The van der Waals surface area contributed by atoms with Crippen molar-refractivity contribution in [3.63, 3.8) is 0 Å². The van der Waals surface area contributed by atoms with Gasteiger partial charge in [-0.15, -0.1) is 0 Å². The highest BCUT2D eigenvalue weighted by molar-refractivity contribution is 5.51. The molecule has 0 bridgehead atoms. The molecule has 0 saturated carbocycles. The van der Waals surface area contributed by atoms with Gasteiger partial charge in [0.05, 0.1) is 12.7 Å². The summed E-state index contributed by atoms with van der Waals surface area (Å²) in [6, 6.07) is 1.83. The van der Waals surface area contributed by atoms with Crippen molar-refractivity contribution in [2.45, 2.75) is 13.0 Å². The largest absolute Gasteiger partial charge is 0.373 e. The zero-order chi connectivity index (χ0) is 14.1. The van der Waals surface area contributed by atoms with Crippen molar-refractivity contribution in [2.75, 3.05) is 38.2 Å². The Balaban J connectivity index is 1.91. The molecular formula is C12H18N6O2. The number of aromatic amines is 1. The van der Waals surface area contributed by atoms with E-state index in [-0.39, 0.29) is 11.8 Å². The first-order valence-corrected chi connectivity index (χ1v) is 6.65. The minimum Gasteiger partial charge on any atom is -0.373 e. The molecule has 8 nitrogen and oxygen atoms in total. The molecule has 1 aliphatic rings. The van der Waals surface area contributed by atoms with Crippen LogP contribution in [0.3, 0.4) is 0 Å². The highest BCUT2D eigenvalue weighted by atomic mass is 16.5. The molecule has 1 atom stereocenters. The van der Waals surface area contributed by atoms with Gasteiger partial charge >= 0.3 is 5.69 Å². The smallest absolute Gasteiger partial charge is 0.349 e. The quantitative estimate of drug-likeness (QED) is 0.760. The number of nitrogens with zero attached hydrogens (tertiary/aromatic N) is 4. The van der Waals surface area contributed by atoms with Crippen molar-refractivity contribution < 1.29 is 4.74 Å². The SMILES string of the molecule is CNCC1CN(c2cc3n[nH]c(=O)n3c(C)n2)CCO1. The molecule has 0 aliphatic carbocycles. The Morgan fingerprint density at radius 2 is 2.45 bits per heavy atom. The molecule has 2 N–H and O–H groups in total. The average Bonchev–Trinajstić information content (AvgIpc) is 2.81. The Labute approximate surface area is 115 Å². The van der Waals surface area contributed by atoms with E-state index < -0.39 is 0 Å². The molecule has 0 radical (unpaired) electrons. The molecule has 8 heteroatoms. The van der Waals surface area contributed by atoms with Gasteiger partial charge in [0, 0.05) is 25.7 Å². The maximum absolute atomic E-state index is 11.6. The first kappa shape index (κ1) is 13.1. The van der Waals surface area contributed by atoms with Gasteiger partial charge < -0.3 is 15.0 Å². The fourth-order valence-corrected chi connectivity index (χ4v) is 2.52. The highest BCUT2D eigenvalue weighted by Gasteiger charge is 2.22. The number of ether oxygens (including phenoxy) is 1. The molecule has 2 aromatic heterocycles. The molecule has 0 aromatic carbocycles. The summed E-state index contributed by atoms with van der Waals surface area (Å²) in [4.78, 5) is 18.3. The number of H-pyrrole nitrogens is 1. The third-order valence-electron chi connectivity index (χ3n) is 3.45. The van der Waals surface area contributed by atoms with E-state index in [9.17, 15) is 4.79 Å². The topological polar surface area (TPSA) is 87.6 Å². The van der Waals surface area contributed by atoms with Crippen molar-refractivity contribution in [3.05, 3.63) is 22.4 Å². The first-order chi connectivity index (χ1) is 9.69. The van der Waals surface area contributed by atoms with E-state index in [1.807, 2.05) is 13.1 Å². The molecule has 1 unspecified atom stereocenters. The Hall–Kier alpha value is -1.93. The number of likely N-dealkylation sites (N-methyl/N-ethyl adjacent to an activating group) is 1. The molecule has 0 spiro atoms. The summed E-state index contributed by atoms with van der Waals surface area (Å²) in [6.45, 7) is 4.85. The van der Waals surface area contributed by atoms with E-state index in [0.717, 1.165) is 25.5 Å². The predicted octanol–water partition coefficient (Wildman–Crippen LogP) is -0.849. The van der Waals surface area contributed by atoms with Crippen molar-refractivity contribution in [3.8, 4) is 0 Å². The van der Waals surface area contributed by atoms with E-state index >= 15 is 0 Å². The average molecular weight is 278 g/mol. The van der Waals surface area contributed by atoms with Gasteiger partial charge in [-0.1, -0.05) is 0 Å². The second-order valence-corrected chi connectivity index (χ2v) is 4.88. The highest BCUT2D eigenvalue weighted by Crippen LogP contribution is 2.17. The van der Waals surface area contributed by atoms with Crippen LogP contribution in [0.4, 0.5) is 5.82 Å². The zero-order valence-electron chi connectivity index (χ0n) is 11.6. The van der Waals surface area contributed by atoms with Gasteiger partial charge in [0.2, 0.25) is 0 Å². The van der Waals surface area contributed by atoms with Crippen LogP contribution < -0.4 is 15.9 Å². The summed E-state index contributed by atoms with van der Waals surface area (Å²) in [7, 11) is 1.91. The number of anilines is 1. The molecule has 1 fully saturated rings. The standard InChI is InChI=1S/C12H18N6O2/c1-8-14-10(5-11-15-16-12(19)18(8)11)17-3-4-20-9(7-17)6-13-2/h5,9,13H,3-4,6-7H2,1-2H3,(H,16,19). The van der Waals surface area contributed by atoms with Crippen molar-refractivity contribution in [1.29, 1.82) is 0 Å². The molecule has 20 heavy (non-hydrogen) atoms. The lowest BCUT2D eigenvalue weighted by atomic mass is 10.2. The summed E-state index contributed by atoms with van der Waals surface area (Å²) in [6.07, 6.45) is 0.147. The lowest BCUT2D eigenvalue weighted by molar-refractivity contribution is 0.0419. The summed E-state index contributed by atoms with van der Waals surface area (Å²) in [5.74, 6) is 1.46. The second kappa shape index (κ2) is 5.22. The Morgan fingerprint density at radius 3 is 3.25 bits per heavy atom. The van der Waals surface area contributed by atoms with Crippen LogP contribution in [-0.4, -0.2) is 59.0 Å². The van der Waals surface area contributed by atoms with Gasteiger partial charge in [-0.25, -0.2) is 19.3 Å². The Kier molecular flexibility index (Phi) is 3.41. The van der Waals surface area contributed by atoms with Crippen LogP contribution in [0, 0.1) is 6.92 Å². The van der Waals surface area contributed by atoms with Gasteiger partial charge in [0.1, 0.15) is 11.6 Å². The van der Waals surface area contributed by atoms with Crippen LogP contribution in [0.15, 0.2) is 10.9 Å². The Bertz CT molecular complexity index is 662. The normalized spacial score (nSPS) is 19.7. The molecule has 2 aromatic rings. The fourth-order valence-electron chi connectivity index (χ4n) is 2.52. The molecule has 3 rings (SSSR count). The molecule has 108 valence electrons. The number of morpholine rings is 1. The summed E-state index contributed by atoms with van der Waals surface area (Å²) in [5.41, 5.74) is 0.334. The summed E-state index contributed by atoms with van der Waals surface area (Å²) >= 11 is 0. The Morgan fingerprint density at radius 1 is 1.60 bits per heavy atom. The molecule has 1 saturated heterocycles. The van der Waals surface area contributed by atoms with E-state index in [1.54, 1.807) is 6.92 Å².